The van der Waals surface area contributed by atoms with Crippen LogP contribution >= 0.6 is 0 Å². The van der Waals surface area contributed by atoms with Gasteiger partial charge in [-0.25, -0.2) is 4.98 Å². The van der Waals surface area contributed by atoms with Gasteiger partial charge in [-0.2, -0.15) is 8.78 Å². The molecule has 1 aliphatic heterocycles. The van der Waals surface area contributed by atoms with Gasteiger partial charge in [-0.3, -0.25) is 14.2 Å². The highest BCUT2D eigenvalue weighted by atomic mass is 19.3. The molecule has 0 unspecified atom stereocenters. The van der Waals surface area contributed by atoms with Gasteiger partial charge in [-0.05, 0) is 12.1 Å². The third kappa shape index (κ3) is 3.33. The second-order valence-corrected chi connectivity index (χ2v) is 5.20. The van der Waals surface area contributed by atoms with Crippen LogP contribution in [0, 0.1) is 0 Å². The number of hydrogen-bond acceptors (Lipinski definition) is 5. The average molecular weight is 336 g/mol. The topological polar surface area (TPSA) is 70.4 Å². The maximum atomic E-state index is 12.4. The van der Waals surface area contributed by atoms with Crippen LogP contribution in [0.1, 0.15) is 21.6 Å². The molecule has 0 amide bonds. The van der Waals surface area contributed by atoms with E-state index in [2.05, 4.69) is 9.72 Å². The summed E-state index contributed by atoms with van der Waals surface area (Å²) in [4.78, 5) is 29.0. The summed E-state index contributed by atoms with van der Waals surface area (Å²) in [6.45, 7) is -2.70. The Bertz CT molecular complexity index is 820. The lowest BCUT2D eigenvalue weighted by Gasteiger charge is -2.16. The van der Waals surface area contributed by atoms with E-state index in [1.54, 1.807) is 0 Å². The lowest BCUT2D eigenvalue weighted by Crippen LogP contribution is -2.31. The Morgan fingerprint density at radius 2 is 2.17 bits per heavy atom. The Labute approximate surface area is 135 Å². The maximum absolute atomic E-state index is 12.4. The van der Waals surface area contributed by atoms with Gasteiger partial charge in [-0.15, -0.1) is 0 Å². The van der Waals surface area contributed by atoms with Gasteiger partial charge >= 0.3 is 6.61 Å². The summed E-state index contributed by atoms with van der Waals surface area (Å²) in [6.07, 6.45) is 1.84. The van der Waals surface area contributed by atoms with Crippen molar-refractivity contribution < 1.29 is 23.0 Å². The van der Waals surface area contributed by atoms with Crippen LogP contribution in [0.2, 0.25) is 0 Å². The molecule has 6 nitrogen and oxygen atoms in total. The third-order valence-electron chi connectivity index (χ3n) is 3.67. The molecule has 0 spiro atoms. The molecule has 0 bridgehead atoms. The zero-order valence-corrected chi connectivity index (χ0v) is 12.6. The van der Waals surface area contributed by atoms with Crippen LogP contribution in [0.5, 0.6) is 5.75 Å². The van der Waals surface area contributed by atoms with E-state index in [9.17, 15) is 18.4 Å². The first-order valence-corrected chi connectivity index (χ1v) is 7.28. The number of fused-ring (bicyclic) bond motifs is 1. The number of nitrogens with zero attached hydrogens (tertiary/aromatic N) is 2. The molecular weight excluding hydrogens is 322 g/mol. The van der Waals surface area contributed by atoms with Gasteiger partial charge in [0.1, 0.15) is 5.75 Å². The van der Waals surface area contributed by atoms with Crippen LogP contribution in [0.25, 0.3) is 0 Å². The molecule has 1 aliphatic rings. The van der Waals surface area contributed by atoms with E-state index in [4.69, 9.17) is 4.74 Å². The number of halogens is 2. The second-order valence-electron chi connectivity index (χ2n) is 5.20. The molecule has 2 aromatic rings. The van der Waals surface area contributed by atoms with Gasteiger partial charge in [0.2, 0.25) is 0 Å². The van der Waals surface area contributed by atoms with Gasteiger partial charge in [0, 0.05) is 6.42 Å². The van der Waals surface area contributed by atoms with E-state index < -0.39 is 12.4 Å². The fraction of sp³-hybridized carbons (Fsp3) is 0.312. The minimum absolute atomic E-state index is 0.0151. The van der Waals surface area contributed by atoms with Crippen LogP contribution in [-0.4, -0.2) is 28.6 Å². The number of ketones is 1. The summed E-state index contributed by atoms with van der Waals surface area (Å²) < 4.78 is 35.6. The summed E-state index contributed by atoms with van der Waals surface area (Å²) in [5.74, 6) is -0.744. The summed E-state index contributed by atoms with van der Waals surface area (Å²) in [5, 5.41) is 0. The van der Waals surface area contributed by atoms with Gasteiger partial charge in [0.15, 0.2) is 5.78 Å². The average Bonchev–Trinajstić information content (AvgIpc) is 2.57. The molecule has 24 heavy (non-hydrogen) atoms. The number of carbonyl (C=O) groups is 1. The fourth-order valence-electron chi connectivity index (χ4n) is 2.52. The lowest BCUT2D eigenvalue weighted by atomic mass is 10.1. The molecular formula is C16H14F2N2O4. The Morgan fingerprint density at radius 1 is 1.38 bits per heavy atom. The number of Topliss-reactive ketones (excluding diaryl/α,β-unsaturated/α-hetero) is 1. The van der Waals surface area contributed by atoms with E-state index in [-0.39, 0.29) is 30.0 Å². The van der Waals surface area contributed by atoms with Crippen LogP contribution < -0.4 is 10.3 Å². The highest BCUT2D eigenvalue weighted by molar-refractivity contribution is 5.98. The minimum Gasteiger partial charge on any atom is -0.434 e. The van der Waals surface area contributed by atoms with E-state index in [1.807, 2.05) is 0 Å². The normalized spacial score (nSPS) is 13.6. The summed E-state index contributed by atoms with van der Waals surface area (Å²) in [6, 6.07) is 5.67. The highest BCUT2D eigenvalue weighted by Crippen LogP contribution is 2.21. The van der Waals surface area contributed by atoms with Crippen molar-refractivity contribution in [2.24, 2.45) is 0 Å². The molecule has 0 radical (unpaired) electrons. The molecule has 0 N–H and O–H groups in total. The fourth-order valence-corrected chi connectivity index (χ4v) is 2.52. The second kappa shape index (κ2) is 6.88. The number of benzene rings is 1. The van der Waals surface area contributed by atoms with Crippen molar-refractivity contribution in [2.75, 3.05) is 6.61 Å². The summed E-state index contributed by atoms with van der Waals surface area (Å²) in [7, 11) is 0. The van der Waals surface area contributed by atoms with Gasteiger partial charge in [0.25, 0.3) is 5.56 Å². The largest absolute Gasteiger partial charge is 0.434 e. The quantitative estimate of drug-likeness (QED) is 0.779. The van der Waals surface area contributed by atoms with Crippen LogP contribution in [-0.2, 0) is 24.3 Å². The lowest BCUT2D eigenvalue weighted by molar-refractivity contribution is -0.0501. The third-order valence-corrected chi connectivity index (χ3v) is 3.67. The van der Waals surface area contributed by atoms with Gasteiger partial charge in [-0.1, -0.05) is 12.1 Å². The molecule has 3 rings (SSSR count). The monoisotopic (exact) mass is 336 g/mol. The van der Waals surface area contributed by atoms with E-state index in [0.29, 0.717) is 24.3 Å². The highest BCUT2D eigenvalue weighted by Gasteiger charge is 2.19. The molecule has 2 heterocycles. The predicted octanol–water partition coefficient (Wildman–Crippen LogP) is 1.80. The first-order chi connectivity index (χ1) is 11.6. The number of hydrogen-bond donors (Lipinski definition) is 0. The molecule has 0 atom stereocenters. The molecule has 0 fully saturated rings. The van der Waals surface area contributed by atoms with Crippen LogP contribution in [0.4, 0.5) is 8.78 Å². The molecule has 8 heteroatoms. The smallest absolute Gasteiger partial charge is 0.387 e. The number of rotatable bonds is 5. The van der Waals surface area contributed by atoms with E-state index in [0.717, 1.165) is 4.57 Å². The first-order valence-electron chi connectivity index (χ1n) is 7.28. The Kier molecular flexibility index (Phi) is 4.66. The van der Waals surface area contributed by atoms with Crippen molar-refractivity contribution in [2.45, 2.75) is 26.2 Å². The molecule has 0 saturated carbocycles. The van der Waals surface area contributed by atoms with Crippen molar-refractivity contribution in [3.63, 3.8) is 0 Å². The number of para-hydroxylation sites is 1. The predicted molar refractivity (Wildman–Crippen MR) is 79.3 cm³/mol. The van der Waals surface area contributed by atoms with Crippen LogP contribution in [0.15, 0.2) is 35.4 Å². The standard InChI is InChI=1S/C16H14F2N2O4/c17-16(18)24-14-4-2-1-3-10(14)13(21)7-20-9-19-12-5-6-23-8-11(12)15(20)22/h1-4,9,16H,5-8H2. The summed E-state index contributed by atoms with van der Waals surface area (Å²) in [5.41, 5.74) is 0.712. The van der Waals surface area contributed by atoms with Crippen molar-refractivity contribution in [3.8, 4) is 5.75 Å². The SMILES string of the molecule is O=C(Cn1cnc2c(c1=O)COCC2)c1ccccc1OC(F)F. The molecule has 0 aliphatic carbocycles. The van der Waals surface area contributed by atoms with Crippen LogP contribution in [0.3, 0.4) is 0 Å². The zero-order chi connectivity index (χ0) is 17.1. The molecule has 1 aromatic carbocycles. The Hall–Kier alpha value is -2.61. The zero-order valence-electron chi connectivity index (χ0n) is 12.6. The summed E-state index contributed by atoms with van der Waals surface area (Å²) >= 11 is 0. The number of alkyl halides is 2. The molecule has 1 aromatic heterocycles. The maximum Gasteiger partial charge on any atom is 0.387 e. The minimum atomic E-state index is -3.04. The van der Waals surface area contributed by atoms with E-state index in [1.165, 1.54) is 30.6 Å². The first kappa shape index (κ1) is 16.3. The van der Waals surface area contributed by atoms with Gasteiger partial charge in [0.05, 0.1) is 42.9 Å². The van der Waals surface area contributed by atoms with Crippen molar-refractivity contribution in [1.29, 1.82) is 0 Å². The molecule has 0 saturated heterocycles. The Morgan fingerprint density at radius 3 is 2.96 bits per heavy atom. The van der Waals surface area contributed by atoms with Crippen molar-refractivity contribution >= 4 is 5.78 Å². The van der Waals surface area contributed by atoms with E-state index >= 15 is 0 Å². The van der Waals surface area contributed by atoms with Gasteiger partial charge < -0.3 is 9.47 Å². The number of carbonyl (C=O) groups excluding carboxylic acids is 1. The number of ether oxygens (including phenoxy) is 2. The van der Waals surface area contributed by atoms with Crippen molar-refractivity contribution in [3.05, 3.63) is 57.8 Å². The van der Waals surface area contributed by atoms with Crippen molar-refractivity contribution in [1.82, 2.24) is 9.55 Å². The molecule has 126 valence electrons. The number of aromatic nitrogens is 2. The Balaban J connectivity index is 1.87.